The zero-order valence-corrected chi connectivity index (χ0v) is 17.0. The van der Waals surface area contributed by atoms with Crippen molar-refractivity contribution in [3.05, 3.63) is 58.1 Å². The van der Waals surface area contributed by atoms with Crippen LogP contribution in [0.3, 0.4) is 0 Å². The largest absolute Gasteiger partial charge is 0.325 e. The molecule has 8 heteroatoms. The molecule has 27 heavy (non-hydrogen) atoms. The molecule has 0 bridgehead atoms. The molecule has 1 fully saturated rings. The first kappa shape index (κ1) is 19.7. The van der Waals surface area contributed by atoms with Crippen molar-refractivity contribution in [2.75, 3.05) is 12.4 Å². The van der Waals surface area contributed by atoms with E-state index in [1.807, 2.05) is 31.2 Å². The molecule has 0 aliphatic carbocycles. The van der Waals surface area contributed by atoms with Crippen molar-refractivity contribution in [2.24, 2.45) is 4.99 Å². The molecule has 2 aromatic carbocycles. The average Bonchev–Trinajstić information content (AvgIpc) is 2.62. The Hall–Kier alpha value is -2.02. The number of amidine groups is 1. The number of amides is 2. The number of benzene rings is 2. The Morgan fingerprint density at radius 1 is 1.22 bits per heavy atom. The number of carbonyl (C=O) groups excluding carboxylic acids is 2. The van der Waals surface area contributed by atoms with Gasteiger partial charge in [-0.25, -0.2) is 4.99 Å². The lowest BCUT2D eigenvalue weighted by atomic mass is 10.2. The minimum Gasteiger partial charge on any atom is -0.325 e. The van der Waals surface area contributed by atoms with Gasteiger partial charge in [0, 0.05) is 19.2 Å². The average molecular weight is 422 g/mol. The van der Waals surface area contributed by atoms with Crippen LogP contribution < -0.4 is 5.32 Å². The Labute approximate surface area is 171 Å². The number of thioether (sulfide) groups is 1. The van der Waals surface area contributed by atoms with Gasteiger partial charge in [-0.15, -0.1) is 0 Å². The predicted molar refractivity (Wildman–Crippen MR) is 112 cm³/mol. The quantitative estimate of drug-likeness (QED) is 0.766. The second kappa shape index (κ2) is 8.33. The van der Waals surface area contributed by atoms with Gasteiger partial charge in [0.2, 0.25) is 11.8 Å². The van der Waals surface area contributed by atoms with Crippen molar-refractivity contribution in [1.29, 1.82) is 0 Å². The maximum atomic E-state index is 12.6. The summed E-state index contributed by atoms with van der Waals surface area (Å²) in [4.78, 5) is 30.9. The fraction of sp³-hybridized carbons (Fsp3) is 0.211. The van der Waals surface area contributed by atoms with Crippen molar-refractivity contribution in [3.8, 4) is 0 Å². The number of aliphatic imine (C=N–C) groups is 1. The third-order valence-electron chi connectivity index (χ3n) is 3.97. The molecule has 0 saturated carbocycles. The Morgan fingerprint density at radius 2 is 2.00 bits per heavy atom. The van der Waals surface area contributed by atoms with E-state index in [0.29, 0.717) is 26.6 Å². The van der Waals surface area contributed by atoms with E-state index in [1.165, 1.54) is 16.7 Å². The standard InChI is InChI=1S/C19H17Cl2N3O2S/c1-11-4-3-5-12(8-11)22-18(26)16-10-17(25)24(2)19(27-16)23-13-6-7-14(20)15(21)9-13/h3-9,16H,10H2,1-2H3,(H,22,26). The highest BCUT2D eigenvalue weighted by Gasteiger charge is 2.34. The zero-order valence-electron chi connectivity index (χ0n) is 14.7. The number of nitrogens with zero attached hydrogens (tertiary/aromatic N) is 2. The van der Waals surface area contributed by atoms with Crippen LogP contribution in [0.1, 0.15) is 12.0 Å². The number of hydrogen-bond donors (Lipinski definition) is 1. The second-order valence-electron chi connectivity index (χ2n) is 6.11. The number of carbonyl (C=O) groups is 2. The maximum Gasteiger partial charge on any atom is 0.238 e. The van der Waals surface area contributed by atoms with Crippen LogP contribution in [0.4, 0.5) is 11.4 Å². The van der Waals surface area contributed by atoms with Crippen molar-refractivity contribution in [1.82, 2.24) is 4.90 Å². The smallest absolute Gasteiger partial charge is 0.238 e. The van der Waals surface area contributed by atoms with Gasteiger partial charge in [-0.1, -0.05) is 47.1 Å². The van der Waals surface area contributed by atoms with Crippen LogP contribution in [-0.2, 0) is 9.59 Å². The minimum atomic E-state index is -0.560. The van der Waals surface area contributed by atoms with Crippen molar-refractivity contribution in [3.63, 3.8) is 0 Å². The van der Waals surface area contributed by atoms with Crippen molar-refractivity contribution >= 4 is 63.3 Å². The summed E-state index contributed by atoms with van der Waals surface area (Å²) in [6, 6.07) is 12.5. The molecule has 5 nitrogen and oxygen atoms in total. The fourth-order valence-corrected chi connectivity index (χ4v) is 3.87. The summed E-state index contributed by atoms with van der Waals surface area (Å²) in [7, 11) is 1.64. The van der Waals surface area contributed by atoms with E-state index in [-0.39, 0.29) is 18.2 Å². The molecule has 2 amide bonds. The zero-order chi connectivity index (χ0) is 19.6. The van der Waals surface area contributed by atoms with Crippen LogP contribution in [0.5, 0.6) is 0 Å². The molecule has 1 aliphatic rings. The summed E-state index contributed by atoms with van der Waals surface area (Å²) in [5.41, 5.74) is 2.31. The first-order valence-electron chi connectivity index (χ1n) is 8.18. The molecule has 2 aromatic rings. The lowest BCUT2D eigenvalue weighted by Crippen LogP contribution is -2.43. The van der Waals surface area contributed by atoms with Crippen molar-refractivity contribution in [2.45, 2.75) is 18.6 Å². The van der Waals surface area contributed by atoms with Crippen LogP contribution in [-0.4, -0.2) is 34.2 Å². The lowest BCUT2D eigenvalue weighted by Gasteiger charge is -2.28. The lowest BCUT2D eigenvalue weighted by molar-refractivity contribution is -0.128. The molecule has 0 spiro atoms. The molecular weight excluding hydrogens is 405 g/mol. The van der Waals surface area contributed by atoms with Gasteiger partial charge in [0.15, 0.2) is 5.17 Å². The Kier molecular flexibility index (Phi) is 6.09. The first-order chi connectivity index (χ1) is 12.8. The van der Waals surface area contributed by atoms with Crippen LogP contribution in [0.25, 0.3) is 0 Å². The Morgan fingerprint density at radius 3 is 2.70 bits per heavy atom. The van der Waals surface area contributed by atoms with Gasteiger partial charge >= 0.3 is 0 Å². The molecule has 0 aromatic heterocycles. The van der Waals surface area contributed by atoms with E-state index < -0.39 is 5.25 Å². The summed E-state index contributed by atoms with van der Waals surface area (Å²) >= 11 is 13.2. The molecule has 1 heterocycles. The molecule has 1 unspecified atom stereocenters. The van der Waals surface area contributed by atoms with Crippen LogP contribution in [0.15, 0.2) is 47.5 Å². The van der Waals surface area contributed by atoms with Gasteiger partial charge in [0.25, 0.3) is 0 Å². The minimum absolute atomic E-state index is 0.110. The van der Waals surface area contributed by atoms with Gasteiger partial charge in [-0.3, -0.25) is 14.5 Å². The molecule has 1 atom stereocenters. The molecular formula is C19H17Cl2N3O2S. The van der Waals surface area contributed by atoms with E-state index in [1.54, 1.807) is 25.2 Å². The highest BCUT2D eigenvalue weighted by atomic mass is 35.5. The van der Waals surface area contributed by atoms with Gasteiger partial charge < -0.3 is 5.32 Å². The second-order valence-corrected chi connectivity index (χ2v) is 8.10. The van der Waals surface area contributed by atoms with E-state index in [4.69, 9.17) is 23.2 Å². The SMILES string of the molecule is Cc1cccc(NC(=O)C2CC(=O)N(C)C(=Nc3ccc(Cl)c(Cl)c3)S2)c1. The maximum absolute atomic E-state index is 12.6. The summed E-state index contributed by atoms with van der Waals surface area (Å²) in [5, 5.41) is 3.55. The predicted octanol–water partition coefficient (Wildman–Crippen LogP) is 4.89. The number of aryl methyl sites for hydroxylation is 1. The topological polar surface area (TPSA) is 61.8 Å². The van der Waals surface area contributed by atoms with E-state index >= 15 is 0 Å². The van der Waals surface area contributed by atoms with E-state index in [0.717, 1.165) is 5.56 Å². The Bertz CT molecular complexity index is 933. The third-order valence-corrected chi connectivity index (χ3v) is 5.95. The van der Waals surface area contributed by atoms with E-state index in [2.05, 4.69) is 10.3 Å². The highest BCUT2D eigenvalue weighted by Crippen LogP contribution is 2.31. The van der Waals surface area contributed by atoms with Gasteiger partial charge in [0.1, 0.15) is 5.25 Å². The summed E-state index contributed by atoms with van der Waals surface area (Å²) in [5.74, 6) is -0.397. The van der Waals surface area contributed by atoms with E-state index in [9.17, 15) is 9.59 Å². The molecule has 3 rings (SSSR count). The summed E-state index contributed by atoms with van der Waals surface area (Å²) in [6.45, 7) is 1.95. The molecule has 1 aliphatic heterocycles. The number of rotatable bonds is 3. The number of anilines is 1. The molecule has 0 radical (unpaired) electrons. The third kappa shape index (κ3) is 4.83. The summed E-state index contributed by atoms with van der Waals surface area (Å²) < 4.78 is 0. The normalized spacial score (nSPS) is 18.7. The highest BCUT2D eigenvalue weighted by molar-refractivity contribution is 8.15. The fourth-order valence-electron chi connectivity index (χ4n) is 2.51. The van der Waals surface area contributed by atoms with Gasteiger partial charge in [-0.05, 0) is 42.8 Å². The molecule has 1 N–H and O–H groups in total. The summed E-state index contributed by atoms with van der Waals surface area (Å²) in [6.07, 6.45) is 0.110. The number of hydrogen-bond acceptors (Lipinski definition) is 4. The molecule has 140 valence electrons. The number of halogens is 2. The van der Waals surface area contributed by atoms with Crippen molar-refractivity contribution < 1.29 is 9.59 Å². The van der Waals surface area contributed by atoms with Crippen LogP contribution in [0, 0.1) is 6.92 Å². The number of nitrogens with one attached hydrogen (secondary N) is 1. The Balaban J connectivity index is 1.80. The monoisotopic (exact) mass is 421 g/mol. The molecule has 1 saturated heterocycles. The first-order valence-corrected chi connectivity index (χ1v) is 9.81. The van der Waals surface area contributed by atoms with Crippen LogP contribution >= 0.6 is 35.0 Å². The van der Waals surface area contributed by atoms with Crippen LogP contribution in [0.2, 0.25) is 10.0 Å². The van der Waals surface area contributed by atoms with Gasteiger partial charge in [-0.2, -0.15) is 0 Å². The van der Waals surface area contributed by atoms with Gasteiger partial charge in [0.05, 0.1) is 15.7 Å².